The molecule has 0 aromatic carbocycles. The predicted molar refractivity (Wildman–Crippen MR) is 94.7 cm³/mol. The van der Waals surface area contributed by atoms with Crippen LogP contribution >= 0.6 is 15.9 Å². The minimum atomic E-state index is -0.815. The maximum absolute atomic E-state index is 12.1. The number of carbonyl (C=O) groups is 2. The van der Waals surface area contributed by atoms with E-state index >= 15 is 0 Å². The molecular weight excluding hydrogens is 412 g/mol. The zero-order valence-corrected chi connectivity index (χ0v) is 15.6. The third kappa shape index (κ3) is 4.99. The second-order valence-corrected chi connectivity index (χ2v) is 6.35. The summed E-state index contributed by atoms with van der Waals surface area (Å²) in [7, 11) is 0. The quantitative estimate of drug-likeness (QED) is 0.601. The lowest BCUT2D eigenvalue weighted by Gasteiger charge is -2.16. The zero-order valence-electron chi connectivity index (χ0n) is 14.0. The summed E-state index contributed by atoms with van der Waals surface area (Å²) in [5.74, 6) is -0.710. The molecule has 0 saturated carbocycles. The number of hydrogen-bond donors (Lipinski definition) is 2. The number of aromatic amines is 1. The van der Waals surface area contributed by atoms with Gasteiger partial charge in [0.2, 0.25) is 0 Å². The van der Waals surface area contributed by atoms with Crippen molar-refractivity contribution in [3.8, 4) is 0 Å². The van der Waals surface area contributed by atoms with E-state index in [-0.39, 0.29) is 30.6 Å². The van der Waals surface area contributed by atoms with E-state index in [9.17, 15) is 24.3 Å². The number of ketones is 1. The fraction of sp³-hybridized carbons (Fsp3) is 0.500. The van der Waals surface area contributed by atoms with Gasteiger partial charge in [-0.2, -0.15) is 0 Å². The number of esters is 1. The molecule has 3 atom stereocenters. The molecule has 2 heterocycles. The number of ether oxygens (including phenoxy) is 2. The second-order valence-electron chi connectivity index (χ2n) is 5.82. The van der Waals surface area contributed by atoms with Gasteiger partial charge in [0.05, 0.1) is 18.6 Å². The molecule has 0 radical (unpaired) electrons. The van der Waals surface area contributed by atoms with Crippen molar-refractivity contribution in [2.45, 2.75) is 44.6 Å². The first kappa shape index (κ1) is 20.3. The molecule has 0 aliphatic carbocycles. The Morgan fingerprint density at radius 3 is 2.81 bits per heavy atom. The minimum Gasteiger partial charge on any atom is -0.459 e. The van der Waals surface area contributed by atoms with Gasteiger partial charge in [-0.15, -0.1) is 0 Å². The molecule has 1 aromatic rings. The highest BCUT2D eigenvalue weighted by molar-refractivity contribution is 9.11. The molecule has 2 rings (SSSR count). The SMILES string of the molecule is CC(=O)CCC(=O)O[C@H]1C[C@H](n2cc(/C=C/Br)c(=O)[nH]c2=O)O[C@@H]1CO. The first-order valence-corrected chi connectivity index (χ1v) is 8.84. The van der Waals surface area contributed by atoms with Gasteiger partial charge in [0.25, 0.3) is 5.56 Å². The van der Waals surface area contributed by atoms with Crippen LogP contribution in [0.3, 0.4) is 0 Å². The van der Waals surface area contributed by atoms with E-state index in [0.717, 1.165) is 0 Å². The molecule has 1 fully saturated rings. The van der Waals surface area contributed by atoms with Crippen LogP contribution in [-0.4, -0.2) is 45.2 Å². The summed E-state index contributed by atoms with van der Waals surface area (Å²) in [4.78, 5) is 50.2. The molecule has 2 N–H and O–H groups in total. The van der Waals surface area contributed by atoms with Crippen molar-refractivity contribution in [3.05, 3.63) is 37.6 Å². The number of Topliss-reactive ketones (excluding diaryl/α,β-unsaturated/α-hetero) is 1. The summed E-state index contributed by atoms with van der Waals surface area (Å²) in [6, 6.07) is 0. The summed E-state index contributed by atoms with van der Waals surface area (Å²) in [5, 5.41) is 9.45. The van der Waals surface area contributed by atoms with Gasteiger partial charge in [0.15, 0.2) is 0 Å². The number of H-pyrrole nitrogens is 1. The molecule has 1 aliphatic rings. The van der Waals surface area contributed by atoms with Gasteiger partial charge in [-0.05, 0) is 18.0 Å². The van der Waals surface area contributed by atoms with Gasteiger partial charge in [-0.25, -0.2) is 4.79 Å². The molecule has 0 spiro atoms. The number of hydrogen-bond acceptors (Lipinski definition) is 7. The van der Waals surface area contributed by atoms with Crippen LogP contribution in [0.2, 0.25) is 0 Å². The number of aromatic nitrogens is 2. The summed E-state index contributed by atoms with van der Waals surface area (Å²) in [5.41, 5.74) is -0.995. The summed E-state index contributed by atoms with van der Waals surface area (Å²) in [6.07, 6.45) is 0.540. The number of aliphatic hydroxyl groups excluding tert-OH is 1. The smallest absolute Gasteiger partial charge is 0.330 e. The lowest BCUT2D eigenvalue weighted by molar-refractivity contribution is -0.153. The molecular formula is C16H19BrN2O7. The number of nitrogens with one attached hydrogen (secondary N) is 1. The van der Waals surface area contributed by atoms with E-state index in [0.29, 0.717) is 0 Å². The van der Waals surface area contributed by atoms with Crippen LogP contribution in [0.25, 0.3) is 6.08 Å². The summed E-state index contributed by atoms with van der Waals surface area (Å²) in [6.45, 7) is 0.966. The van der Waals surface area contributed by atoms with E-state index in [1.807, 2.05) is 0 Å². The molecule has 9 nitrogen and oxygen atoms in total. The first-order valence-electron chi connectivity index (χ1n) is 7.93. The lowest BCUT2D eigenvalue weighted by Crippen LogP contribution is -2.33. The molecule has 142 valence electrons. The van der Waals surface area contributed by atoms with Gasteiger partial charge in [-0.1, -0.05) is 15.9 Å². The number of halogens is 1. The Hall–Kier alpha value is -2.04. The van der Waals surface area contributed by atoms with Crippen molar-refractivity contribution in [1.29, 1.82) is 0 Å². The Morgan fingerprint density at radius 2 is 2.19 bits per heavy atom. The second kappa shape index (κ2) is 9.06. The van der Waals surface area contributed by atoms with Gasteiger partial charge >= 0.3 is 11.7 Å². The molecule has 1 aliphatic heterocycles. The molecule has 1 aromatic heterocycles. The highest BCUT2D eigenvalue weighted by atomic mass is 79.9. The minimum absolute atomic E-state index is 0.0621. The highest BCUT2D eigenvalue weighted by Gasteiger charge is 2.39. The van der Waals surface area contributed by atoms with Gasteiger partial charge in [0, 0.05) is 19.0 Å². The maximum Gasteiger partial charge on any atom is 0.330 e. The van der Waals surface area contributed by atoms with Crippen LogP contribution in [0.5, 0.6) is 0 Å². The molecule has 0 amide bonds. The van der Waals surface area contributed by atoms with E-state index < -0.39 is 42.3 Å². The number of nitrogens with zero attached hydrogens (tertiary/aromatic N) is 1. The molecule has 1 saturated heterocycles. The average Bonchev–Trinajstić information content (AvgIpc) is 2.98. The Labute approximate surface area is 156 Å². The fourth-order valence-electron chi connectivity index (χ4n) is 2.57. The number of aliphatic hydroxyl groups is 1. The van der Waals surface area contributed by atoms with E-state index in [4.69, 9.17) is 9.47 Å². The molecule has 0 bridgehead atoms. The topological polar surface area (TPSA) is 128 Å². The Kier molecular flexibility index (Phi) is 7.06. The standard InChI is InChI=1S/C16H19BrN2O7/c1-9(21)2-3-14(22)26-11-6-13(25-12(11)8-20)19-7-10(4-5-17)15(23)18-16(19)24/h4-5,7,11-13,20H,2-3,6,8H2,1H3,(H,18,23,24)/b5-4+/t11-,12+,13+/m0/s1. The van der Waals surface area contributed by atoms with Crippen molar-refractivity contribution in [2.75, 3.05) is 6.61 Å². The Bertz CT molecular complexity index is 814. The summed E-state index contributed by atoms with van der Waals surface area (Å²) >= 11 is 3.06. The predicted octanol–water partition coefficient (Wildman–Crippen LogP) is 0.463. The van der Waals surface area contributed by atoms with Crippen LogP contribution in [0.1, 0.15) is 38.0 Å². The largest absolute Gasteiger partial charge is 0.459 e. The number of carbonyl (C=O) groups excluding carboxylic acids is 2. The molecule has 26 heavy (non-hydrogen) atoms. The highest BCUT2D eigenvalue weighted by Crippen LogP contribution is 2.30. The van der Waals surface area contributed by atoms with Crippen molar-refractivity contribution in [1.82, 2.24) is 9.55 Å². The van der Waals surface area contributed by atoms with Crippen molar-refractivity contribution in [3.63, 3.8) is 0 Å². The average molecular weight is 431 g/mol. The van der Waals surface area contributed by atoms with E-state index in [1.54, 1.807) is 0 Å². The lowest BCUT2D eigenvalue weighted by atomic mass is 10.1. The molecule has 10 heteroatoms. The monoisotopic (exact) mass is 430 g/mol. The fourth-order valence-corrected chi connectivity index (χ4v) is 2.85. The van der Waals surface area contributed by atoms with Crippen molar-refractivity contribution in [2.24, 2.45) is 0 Å². The Balaban J connectivity index is 2.17. The van der Waals surface area contributed by atoms with Gasteiger partial charge in [-0.3, -0.25) is 19.1 Å². The third-order valence-electron chi connectivity index (χ3n) is 3.87. The van der Waals surface area contributed by atoms with Crippen molar-refractivity contribution < 1.29 is 24.2 Å². The van der Waals surface area contributed by atoms with Crippen LogP contribution in [0.4, 0.5) is 0 Å². The normalized spacial score (nSPS) is 22.7. The first-order chi connectivity index (χ1) is 12.3. The molecule has 0 unspecified atom stereocenters. The van der Waals surface area contributed by atoms with Crippen LogP contribution in [0.15, 0.2) is 20.8 Å². The third-order valence-corrected chi connectivity index (χ3v) is 4.14. The van der Waals surface area contributed by atoms with Gasteiger partial charge < -0.3 is 19.4 Å². The van der Waals surface area contributed by atoms with Crippen LogP contribution in [0, 0.1) is 0 Å². The van der Waals surface area contributed by atoms with Gasteiger partial charge in [0.1, 0.15) is 24.2 Å². The van der Waals surface area contributed by atoms with E-state index in [1.165, 1.54) is 28.7 Å². The zero-order chi connectivity index (χ0) is 19.3. The van der Waals surface area contributed by atoms with Crippen LogP contribution < -0.4 is 11.2 Å². The summed E-state index contributed by atoms with van der Waals surface area (Å²) < 4.78 is 12.1. The number of rotatable bonds is 7. The van der Waals surface area contributed by atoms with E-state index in [2.05, 4.69) is 20.9 Å². The van der Waals surface area contributed by atoms with Crippen molar-refractivity contribution >= 4 is 33.8 Å². The Morgan fingerprint density at radius 1 is 1.46 bits per heavy atom. The van der Waals surface area contributed by atoms with Crippen LogP contribution in [-0.2, 0) is 19.1 Å². The maximum atomic E-state index is 12.1.